The van der Waals surface area contributed by atoms with E-state index in [2.05, 4.69) is 15.2 Å². The molecule has 0 aliphatic carbocycles. The standard InChI is InChI=1S/C11H18N4OS2/c12-11-14-9(8-18-11)7-10(16)13-1-2-15-3-5-17-6-4-15/h8H,1-7H2,(H2,12,14)(H,13,16). The molecule has 100 valence electrons. The fourth-order valence-corrected chi connectivity index (χ4v) is 3.35. The second-order valence-corrected chi connectivity index (χ2v) is 6.27. The highest BCUT2D eigenvalue weighted by atomic mass is 32.2. The third kappa shape index (κ3) is 4.47. The number of hydrogen-bond donors (Lipinski definition) is 2. The first-order chi connectivity index (χ1) is 8.74. The van der Waals surface area contributed by atoms with Gasteiger partial charge in [0.25, 0.3) is 0 Å². The fraction of sp³-hybridized carbons (Fsp3) is 0.636. The van der Waals surface area contributed by atoms with Gasteiger partial charge in [0.05, 0.1) is 12.1 Å². The summed E-state index contributed by atoms with van der Waals surface area (Å²) < 4.78 is 0. The van der Waals surface area contributed by atoms with Gasteiger partial charge in [-0.1, -0.05) is 0 Å². The van der Waals surface area contributed by atoms with Crippen molar-refractivity contribution in [3.05, 3.63) is 11.1 Å². The lowest BCUT2D eigenvalue weighted by Crippen LogP contribution is -2.39. The maximum Gasteiger partial charge on any atom is 0.226 e. The van der Waals surface area contributed by atoms with Gasteiger partial charge in [-0.25, -0.2) is 4.98 Å². The highest BCUT2D eigenvalue weighted by molar-refractivity contribution is 7.99. The first-order valence-electron chi connectivity index (χ1n) is 6.01. The van der Waals surface area contributed by atoms with Gasteiger partial charge in [0.1, 0.15) is 0 Å². The van der Waals surface area contributed by atoms with Crippen molar-refractivity contribution >= 4 is 34.1 Å². The lowest BCUT2D eigenvalue weighted by molar-refractivity contribution is -0.120. The molecule has 0 radical (unpaired) electrons. The van der Waals surface area contributed by atoms with Gasteiger partial charge < -0.3 is 11.1 Å². The summed E-state index contributed by atoms with van der Waals surface area (Å²) in [5.74, 6) is 2.42. The Labute approximate surface area is 115 Å². The van der Waals surface area contributed by atoms with E-state index >= 15 is 0 Å². The number of hydrogen-bond acceptors (Lipinski definition) is 6. The van der Waals surface area contributed by atoms with Gasteiger partial charge in [0, 0.05) is 43.1 Å². The Morgan fingerprint density at radius 2 is 2.28 bits per heavy atom. The normalized spacial score (nSPS) is 16.7. The third-order valence-electron chi connectivity index (χ3n) is 2.77. The van der Waals surface area contributed by atoms with Crippen molar-refractivity contribution in [2.24, 2.45) is 0 Å². The van der Waals surface area contributed by atoms with E-state index in [0.29, 0.717) is 18.1 Å². The average molecular weight is 286 g/mol. The molecular weight excluding hydrogens is 268 g/mol. The molecule has 5 nitrogen and oxygen atoms in total. The minimum absolute atomic E-state index is 0.0201. The SMILES string of the molecule is Nc1nc(CC(=O)NCCN2CCSCC2)cs1. The molecule has 0 spiro atoms. The largest absolute Gasteiger partial charge is 0.375 e. The number of thioether (sulfide) groups is 1. The van der Waals surface area contributed by atoms with Crippen LogP contribution in [0, 0.1) is 0 Å². The first-order valence-corrected chi connectivity index (χ1v) is 8.04. The Hall–Kier alpha value is -0.790. The maximum atomic E-state index is 11.7. The number of thiazole rings is 1. The van der Waals surface area contributed by atoms with E-state index < -0.39 is 0 Å². The summed E-state index contributed by atoms with van der Waals surface area (Å²) in [6, 6.07) is 0. The molecule has 1 aromatic rings. The minimum Gasteiger partial charge on any atom is -0.375 e. The summed E-state index contributed by atoms with van der Waals surface area (Å²) in [4.78, 5) is 18.1. The molecule has 0 bridgehead atoms. The number of nitrogens with two attached hydrogens (primary N) is 1. The van der Waals surface area contributed by atoms with Crippen LogP contribution in [0.3, 0.4) is 0 Å². The Morgan fingerprint density at radius 1 is 1.50 bits per heavy atom. The van der Waals surface area contributed by atoms with E-state index in [0.717, 1.165) is 25.3 Å². The lowest BCUT2D eigenvalue weighted by atomic mass is 10.3. The van der Waals surface area contributed by atoms with Gasteiger partial charge in [0.2, 0.25) is 5.91 Å². The number of carbonyl (C=O) groups is 1. The molecule has 0 atom stereocenters. The van der Waals surface area contributed by atoms with Crippen LogP contribution in [0.15, 0.2) is 5.38 Å². The highest BCUT2D eigenvalue weighted by Crippen LogP contribution is 2.11. The summed E-state index contributed by atoms with van der Waals surface area (Å²) in [5.41, 5.74) is 6.27. The van der Waals surface area contributed by atoms with Gasteiger partial charge >= 0.3 is 0 Å². The molecule has 0 saturated carbocycles. The maximum absolute atomic E-state index is 11.7. The number of carbonyl (C=O) groups excluding carboxylic acids is 1. The molecule has 2 heterocycles. The van der Waals surface area contributed by atoms with Crippen LogP contribution >= 0.6 is 23.1 Å². The predicted octanol–water partition coefficient (Wildman–Crippen LogP) is 0.433. The zero-order valence-corrected chi connectivity index (χ0v) is 11.9. The van der Waals surface area contributed by atoms with Crippen LogP contribution in [0.2, 0.25) is 0 Å². The van der Waals surface area contributed by atoms with Crippen LogP contribution < -0.4 is 11.1 Å². The van der Waals surface area contributed by atoms with Gasteiger partial charge in [0.15, 0.2) is 5.13 Å². The summed E-state index contributed by atoms with van der Waals surface area (Å²) >= 11 is 3.36. The molecule has 2 rings (SSSR count). The second kappa shape index (κ2) is 6.96. The van der Waals surface area contributed by atoms with E-state index in [1.54, 1.807) is 0 Å². The highest BCUT2D eigenvalue weighted by Gasteiger charge is 2.10. The third-order valence-corrected chi connectivity index (χ3v) is 4.43. The van der Waals surface area contributed by atoms with Crippen LogP contribution in [-0.2, 0) is 11.2 Å². The quantitative estimate of drug-likeness (QED) is 0.821. The fourth-order valence-electron chi connectivity index (χ4n) is 1.81. The molecule has 18 heavy (non-hydrogen) atoms. The zero-order valence-electron chi connectivity index (χ0n) is 10.2. The van der Waals surface area contributed by atoms with Gasteiger partial charge in [-0.3, -0.25) is 9.69 Å². The Morgan fingerprint density at radius 3 is 2.94 bits per heavy atom. The van der Waals surface area contributed by atoms with Crippen LogP contribution in [0.4, 0.5) is 5.13 Å². The number of anilines is 1. The molecule has 1 amide bonds. The minimum atomic E-state index is 0.0201. The molecular formula is C11H18N4OS2. The molecule has 7 heteroatoms. The van der Waals surface area contributed by atoms with Crippen LogP contribution in [0.25, 0.3) is 0 Å². The monoisotopic (exact) mass is 286 g/mol. The van der Waals surface area contributed by atoms with Crippen molar-refractivity contribution in [2.75, 3.05) is 43.4 Å². The first kappa shape index (κ1) is 13.6. The van der Waals surface area contributed by atoms with E-state index in [-0.39, 0.29) is 5.91 Å². The molecule has 1 fully saturated rings. The van der Waals surface area contributed by atoms with E-state index in [9.17, 15) is 4.79 Å². The van der Waals surface area contributed by atoms with Crippen molar-refractivity contribution in [3.8, 4) is 0 Å². The molecule has 0 unspecified atom stereocenters. The average Bonchev–Trinajstić information content (AvgIpc) is 2.76. The number of nitrogen functional groups attached to an aromatic ring is 1. The molecule has 1 aromatic heterocycles. The van der Waals surface area contributed by atoms with Crippen LogP contribution in [-0.4, -0.2) is 53.5 Å². The molecule has 1 aliphatic rings. The van der Waals surface area contributed by atoms with Gasteiger partial charge in [-0.15, -0.1) is 11.3 Å². The molecule has 3 N–H and O–H groups in total. The summed E-state index contributed by atoms with van der Waals surface area (Å²) in [5, 5.41) is 5.27. The van der Waals surface area contributed by atoms with Crippen molar-refractivity contribution in [1.29, 1.82) is 0 Å². The zero-order chi connectivity index (χ0) is 12.8. The lowest BCUT2D eigenvalue weighted by Gasteiger charge is -2.25. The second-order valence-electron chi connectivity index (χ2n) is 4.16. The summed E-state index contributed by atoms with van der Waals surface area (Å²) in [7, 11) is 0. The van der Waals surface area contributed by atoms with Crippen molar-refractivity contribution < 1.29 is 4.79 Å². The summed E-state index contributed by atoms with van der Waals surface area (Å²) in [6.07, 6.45) is 0.323. The Kier molecular flexibility index (Phi) is 5.27. The van der Waals surface area contributed by atoms with E-state index in [1.807, 2.05) is 17.1 Å². The predicted molar refractivity (Wildman–Crippen MR) is 77.0 cm³/mol. The summed E-state index contributed by atoms with van der Waals surface area (Å²) in [6.45, 7) is 3.90. The van der Waals surface area contributed by atoms with Gasteiger partial charge in [-0.05, 0) is 0 Å². The molecule has 1 aliphatic heterocycles. The van der Waals surface area contributed by atoms with Crippen LogP contribution in [0.1, 0.15) is 5.69 Å². The molecule has 1 saturated heterocycles. The number of nitrogens with zero attached hydrogens (tertiary/aromatic N) is 2. The number of nitrogens with one attached hydrogen (secondary N) is 1. The molecule has 0 aromatic carbocycles. The topological polar surface area (TPSA) is 71.2 Å². The van der Waals surface area contributed by atoms with Crippen LogP contribution in [0.5, 0.6) is 0 Å². The van der Waals surface area contributed by atoms with E-state index in [4.69, 9.17) is 5.73 Å². The van der Waals surface area contributed by atoms with Gasteiger partial charge in [-0.2, -0.15) is 11.8 Å². The van der Waals surface area contributed by atoms with Crippen molar-refractivity contribution in [3.63, 3.8) is 0 Å². The number of rotatable bonds is 5. The van der Waals surface area contributed by atoms with Crippen molar-refractivity contribution in [1.82, 2.24) is 15.2 Å². The number of amides is 1. The smallest absolute Gasteiger partial charge is 0.226 e. The Bertz CT molecular complexity index is 390. The number of aromatic nitrogens is 1. The van der Waals surface area contributed by atoms with Crippen molar-refractivity contribution in [2.45, 2.75) is 6.42 Å². The Balaban J connectivity index is 1.62. The van der Waals surface area contributed by atoms with E-state index in [1.165, 1.54) is 22.8 Å².